The van der Waals surface area contributed by atoms with Crippen molar-refractivity contribution in [2.75, 3.05) is 6.61 Å². The third-order valence-corrected chi connectivity index (χ3v) is 4.62. The number of ether oxygens (including phenoxy) is 1. The summed E-state index contributed by atoms with van der Waals surface area (Å²) in [4.78, 5) is 36.3. The lowest BCUT2D eigenvalue weighted by atomic mass is 10.2. The van der Waals surface area contributed by atoms with E-state index in [1.807, 2.05) is 13.0 Å². The van der Waals surface area contributed by atoms with Crippen molar-refractivity contribution in [2.24, 2.45) is 7.05 Å². The van der Waals surface area contributed by atoms with Crippen LogP contribution in [-0.2, 0) is 23.2 Å². The van der Waals surface area contributed by atoms with Crippen LogP contribution in [0.3, 0.4) is 0 Å². The average molecular weight is 403 g/mol. The lowest BCUT2D eigenvalue weighted by Crippen LogP contribution is -2.45. The Morgan fingerprint density at radius 3 is 2.46 bits per heavy atom. The van der Waals surface area contributed by atoms with E-state index >= 15 is 0 Å². The summed E-state index contributed by atoms with van der Waals surface area (Å²) in [6.45, 7) is 1.32. The van der Waals surface area contributed by atoms with Gasteiger partial charge in [0.1, 0.15) is 12.3 Å². The van der Waals surface area contributed by atoms with Gasteiger partial charge in [-0.05, 0) is 42.8 Å². The lowest BCUT2D eigenvalue weighted by Gasteiger charge is -2.10. The van der Waals surface area contributed by atoms with Crippen molar-refractivity contribution in [1.29, 1.82) is 0 Å². The van der Waals surface area contributed by atoms with Crippen LogP contribution in [0.4, 0.5) is 0 Å². The normalized spacial score (nSPS) is 10.7. The highest BCUT2D eigenvalue weighted by Gasteiger charge is 2.13. The number of hydrazine groups is 1. The molecule has 3 rings (SSSR count). The molecule has 3 aromatic rings. The van der Waals surface area contributed by atoms with Gasteiger partial charge in [-0.2, -0.15) is 0 Å². The first-order chi connectivity index (χ1) is 13.4. The second-order valence-corrected chi connectivity index (χ2v) is 6.62. The minimum absolute atomic E-state index is 0.225. The van der Waals surface area contributed by atoms with Crippen molar-refractivity contribution in [2.45, 2.75) is 13.5 Å². The second-order valence-electron chi connectivity index (χ2n) is 6.21. The first-order valence-electron chi connectivity index (χ1n) is 8.47. The third-order valence-electron chi connectivity index (χ3n) is 4.19. The summed E-state index contributed by atoms with van der Waals surface area (Å²) >= 11 is 5.94. The molecule has 9 heteroatoms. The number of carbonyl (C=O) groups is 2. The average Bonchev–Trinajstić information content (AvgIpc) is 2.92. The third kappa shape index (κ3) is 4.17. The van der Waals surface area contributed by atoms with Gasteiger partial charge in [0.2, 0.25) is 0 Å². The van der Waals surface area contributed by atoms with Crippen LogP contribution in [0, 0.1) is 6.92 Å². The highest BCUT2D eigenvalue weighted by molar-refractivity contribution is 6.31. The molecule has 2 amide bonds. The summed E-state index contributed by atoms with van der Waals surface area (Å²) in [5.41, 5.74) is 6.41. The quantitative estimate of drug-likeness (QED) is 0.633. The maximum Gasteiger partial charge on any atom is 0.329 e. The maximum absolute atomic E-state index is 12.3. The van der Waals surface area contributed by atoms with Crippen molar-refractivity contribution in [3.63, 3.8) is 0 Å². The number of carbonyl (C=O) groups excluding carboxylic acids is 2. The van der Waals surface area contributed by atoms with Gasteiger partial charge in [-0.25, -0.2) is 4.79 Å². The van der Waals surface area contributed by atoms with Crippen LogP contribution in [0.1, 0.15) is 5.56 Å². The predicted molar refractivity (Wildman–Crippen MR) is 105 cm³/mol. The number of aromatic nitrogens is 2. The van der Waals surface area contributed by atoms with Crippen molar-refractivity contribution < 1.29 is 14.3 Å². The van der Waals surface area contributed by atoms with E-state index in [0.717, 1.165) is 11.1 Å². The molecule has 0 aliphatic heterocycles. The van der Waals surface area contributed by atoms with E-state index in [1.54, 1.807) is 43.4 Å². The van der Waals surface area contributed by atoms with Crippen molar-refractivity contribution in [3.05, 3.63) is 63.5 Å². The SMILES string of the molecule is Cc1cc(OCC(=O)NNC(=O)Cn2c(=O)n(C)c3ccccc32)ccc1Cl. The van der Waals surface area contributed by atoms with Gasteiger partial charge >= 0.3 is 5.69 Å². The van der Waals surface area contributed by atoms with Crippen LogP contribution in [0.2, 0.25) is 5.02 Å². The summed E-state index contributed by atoms with van der Waals surface area (Å²) in [7, 11) is 1.64. The number of imidazole rings is 1. The van der Waals surface area contributed by atoms with E-state index < -0.39 is 11.8 Å². The van der Waals surface area contributed by atoms with Gasteiger partial charge in [-0.1, -0.05) is 23.7 Å². The highest BCUT2D eigenvalue weighted by Crippen LogP contribution is 2.20. The molecular formula is C19H19ClN4O4. The Morgan fingerprint density at radius 2 is 1.75 bits per heavy atom. The first-order valence-corrected chi connectivity index (χ1v) is 8.85. The number of rotatable bonds is 5. The molecule has 0 saturated heterocycles. The zero-order valence-corrected chi connectivity index (χ0v) is 16.1. The monoisotopic (exact) mass is 402 g/mol. The van der Waals surface area contributed by atoms with Gasteiger partial charge in [0, 0.05) is 12.1 Å². The molecular weight excluding hydrogens is 384 g/mol. The predicted octanol–water partition coefficient (Wildman–Crippen LogP) is 1.53. The molecule has 146 valence electrons. The van der Waals surface area contributed by atoms with Crippen LogP contribution in [-0.4, -0.2) is 27.6 Å². The fourth-order valence-electron chi connectivity index (χ4n) is 2.73. The molecule has 0 fully saturated rings. The lowest BCUT2D eigenvalue weighted by molar-refractivity contribution is -0.130. The number of hydrogen-bond donors (Lipinski definition) is 2. The summed E-state index contributed by atoms with van der Waals surface area (Å²) in [6, 6.07) is 12.2. The van der Waals surface area contributed by atoms with Crippen LogP contribution < -0.4 is 21.3 Å². The zero-order valence-electron chi connectivity index (χ0n) is 15.4. The topological polar surface area (TPSA) is 94.4 Å². The van der Waals surface area contributed by atoms with E-state index in [1.165, 1.54) is 9.13 Å². The number of hydrogen-bond acceptors (Lipinski definition) is 4. The van der Waals surface area contributed by atoms with Crippen molar-refractivity contribution in [1.82, 2.24) is 20.0 Å². The van der Waals surface area contributed by atoms with Crippen LogP contribution in [0.25, 0.3) is 11.0 Å². The van der Waals surface area contributed by atoms with Crippen LogP contribution >= 0.6 is 11.6 Å². The summed E-state index contributed by atoms with van der Waals surface area (Å²) in [5.74, 6) is -0.578. The number of benzene rings is 2. The van der Waals surface area contributed by atoms with Gasteiger partial charge in [-0.15, -0.1) is 0 Å². The van der Waals surface area contributed by atoms with Crippen LogP contribution in [0.5, 0.6) is 5.75 Å². The van der Waals surface area contributed by atoms with E-state index in [0.29, 0.717) is 16.3 Å². The van der Waals surface area contributed by atoms with Gasteiger partial charge in [0.25, 0.3) is 11.8 Å². The number of halogens is 1. The molecule has 0 unspecified atom stereocenters. The summed E-state index contributed by atoms with van der Waals surface area (Å²) < 4.78 is 8.15. The molecule has 0 bridgehead atoms. The fraction of sp³-hybridized carbons (Fsp3) is 0.211. The summed E-state index contributed by atoms with van der Waals surface area (Å²) in [5, 5.41) is 0.604. The van der Waals surface area contributed by atoms with E-state index in [2.05, 4.69) is 10.9 Å². The standard InChI is InChI=1S/C19H19ClN4O4/c1-12-9-13(7-8-14(12)20)28-11-18(26)22-21-17(25)10-24-16-6-4-3-5-15(16)23(2)19(24)27/h3-9H,10-11H2,1-2H3,(H,21,25)(H,22,26). The first kappa shape index (κ1) is 19.5. The largest absolute Gasteiger partial charge is 0.484 e. The number of fused-ring (bicyclic) bond motifs is 1. The van der Waals surface area contributed by atoms with Gasteiger partial charge < -0.3 is 4.74 Å². The number of nitrogens with one attached hydrogen (secondary N) is 2. The summed E-state index contributed by atoms with van der Waals surface area (Å²) in [6.07, 6.45) is 0. The number of aryl methyl sites for hydroxylation is 2. The van der Waals surface area contributed by atoms with E-state index in [9.17, 15) is 14.4 Å². The molecule has 2 aromatic carbocycles. The minimum Gasteiger partial charge on any atom is -0.484 e. The fourth-order valence-corrected chi connectivity index (χ4v) is 2.85. The number of para-hydroxylation sites is 2. The second kappa shape index (κ2) is 8.18. The minimum atomic E-state index is -0.536. The molecule has 0 radical (unpaired) electrons. The Hall–Kier alpha value is -3.26. The Morgan fingerprint density at radius 1 is 1.07 bits per heavy atom. The molecule has 0 atom stereocenters. The van der Waals surface area contributed by atoms with Crippen molar-refractivity contribution >= 4 is 34.4 Å². The molecule has 0 aliphatic rings. The van der Waals surface area contributed by atoms with Crippen LogP contribution in [0.15, 0.2) is 47.3 Å². The Kier molecular flexibility index (Phi) is 5.70. The molecule has 8 nitrogen and oxygen atoms in total. The Bertz CT molecular complexity index is 1100. The zero-order chi connectivity index (χ0) is 20.3. The van der Waals surface area contributed by atoms with Crippen molar-refractivity contribution in [3.8, 4) is 5.75 Å². The van der Waals surface area contributed by atoms with E-state index in [-0.39, 0.29) is 18.8 Å². The molecule has 0 aliphatic carbocycles. The maximum atomic E-state index is 12.3. The molecule has 2 N–H and O–H groups in total. The van der Waals surface area contributed by atoms with E-state index in [4.69, 9.17) is 16.3 Å². The highest BCUT2D eigenvalue weighted by atomic mass is 35.5. The number of amides is 2. The molecule has 1 heterocycles. The number of nitrogens with zero attached hydrogens (tertiary/aromatic N) is 2. The Labute approximate surface area is 165 Å². The van der Waals surface area contributed by atoms with Gasteiger partial charge in [-0.3, -0.25) is 29.6 Å². The smallest absolute Gasteiger partial charge is 0.329 e. The Balaban J connectivity index is 1.54. The molecule has 28 heavy (non-hydrogen) atoms. The molecule has 0 spiro atoms. The molecule has 0 saturated carbocycles. The molecule has 1 aromatic heterocycles. The van der Waals surface area contributed by atoms with Gasteiger partial charge in [0.15, 0.2) is 6.61 Å². The van der Waals surface area contributed by atoms with Gasteiger partial charge in [0.05, 0.1) is 11.0 Å².